The topological polar surface area (TPSA) is 34.0 Å². The van der Waals surface area contributed by atoms with Gasteiger partial charge < -0.3 is 4.90 Å². The van der Waals surface area contributed by atoms with Gasteiger partial charge in [-0.25, -0.2) is 4.39 Å². The Balaban J connectivity index is 1.86. The largest absolute Gasteiger partial charge is 0.309 e. The number of benzene rings is 1. The van der Waals surface area contributed by atoms with E-state index in [1.165, 1.54) is 12.1 Å². The van der Waals surface area contributed by atoms with E-state index < -0.39 is 0 Å². The van der Waals surface area contributed by atoms with Crippen LogP contribution in [0.1, 0.15) is 13.3 Å². The molecular formula is C13H15FN4S. The van der Waals surface area contributed by atoms with Gasteiger partial charge in [0.05, 0.1) is 0 Å². The van der Waals surface area contributed by atoms with E-state index in [2.05, 4.69) is 26.6 Å². The maximum absolute atomic E-state index is 13.0. The van der Waals surface area contributed by atoms with Crippen LogP contribution in [0.5, 0.6) is 0 Å². The Morgan fingerprint density at radius 2 is 2.00 bits per heavy atom. The number of thioether (sulfide) groups is 1. The van der Waals surface area contributed by atoms with Crippen LogP contribution in [-0.2, 0) is 6.54 Å². The molecule has 0 spiro atoms. The zero-order chi connectivity index (χ0) is 13.2. The normalized spacial score (nSPS) is 13.9. The number of fused-ring (bicyclic) bond motifs is 1. The monoisotopic (exact) mass is 278 g/mol. The highest BCUT2D eigenvalue weighted by Crippen LogP contribution is 2.32. The Bertz CT molecular complexity index is 567. The molecule has 0 saturated carbocycles. The summed E-state index contributed by atoms with van der Waals surface area (Å²) in [6, 6.07) is 6.50. The van der Waals surface area contributed by atoms with Gasteiger partial charge in [-0.1, -0.05) is 18.7 Å². The summed E-state index contributed by atoms with van der Waals surface area (Å²) in [5, 5.41) is 9.46. The first-order chi connectivity index (χ1) is 9.29. The molecule has 2 aromatic rings. The zero-order valence-electron chi connectivity index (χ0n) is 10.7. The van der Waals surface area contributed by atoms with Gasteiger partial charge in [0.25, 0.3) is 0 Å². The smallest absolute Gasteiger partial charge is 0.232 e. The van der Waals surface area contributed by atoms with Crippen molar-refractivity contribution in [1.82, 2.24) is 14.8 Å². The van der Waals surface area contributed by atoms with Crippen molar-refractivity contribution in [1.29, 1.82) is 0 Å². The van der Waals surface area contributed by atoms with Gasteiger partial charge in [0.15, 0.2) is 5.16 Å². The fourth-order valence-corrected chi connectivity index (χ4v) is 2.96. The molecule has 0 atom stereocenters. The van der Waals surface area contributed by atoms with Gasteiger partial charge in [-0.3, -0.25) is 4.57 Å². The second-order valence-electron chi connectivity index (χ2n) is 4.41. The summed E-state index contributed by atoms with van der Waals surface area (Å²) in [6.45, 7) is 3.89. The molecule has 100 valence electrons. The van der Waals surface area contributed by atoms with E-state index in [1.54, 1.807) is 23.9 Å². The number of anilines is 2. The van der Waals surface area contributed by atoms with Crippen LogP contribution in [0.25, 0.3) is 0 Å². The van der Waals surface area contributed by atoms with Crippen LogP contribution in [0.15, 0.2) is 29.4 Å². The first kappa shape index (κ1) is 12.5. The molecule has 0 aliphatic carbocycles. The number of hydrogen-bond donors (Lipinski definition) is 0. The van der Waals surface area contributed by atoms with Crippen LogP contribution in [0.4, 0.5) is 16.0 Å². The summed E-state index contributed by atoms with van der Waals surface area (Å²) in [6.07, 6.45) is 1.12. The number of rotatable bonds is 4. The summed E-state index contributed by atoms with van der Waals surface area (Å²) in [5.41, 5.74) is 0.958. The van der Waals surface area contributed by atoms with Crippen molar-refractivity contribution in [3.8, 4) is 0 Å². The van der Waals surface area contributed by atoms with Gasteiger partial charge in [0.2, 0.25) is 5.95 Å². The summed E-state index contributed by atoms with van der Waals surface area (Å²) >= 11 is 1.73. The predicted molar refractivity (Wildman–Crippen MR) is 74.4 cm³/mol. The van der Waals surface area contributed by atoms with Crippen molar-refractivity contribution >= 4 is 23.4 Å². The quantitative estimate of drug-likeness (QED) is 0.805. The van der Waals surface area contributed by atoms with E-state index >= 15 is 0 Å². The molecule has 0 amide bonds. The number of aromatic nitrogens is 3. The molecule has 19 heavy (non-hydrogen) atoms. The van der Waals surface area contributed by atoms with Crippen molar-refractivity contribution in [2.75, 3.05) is 17.2 Å². The fraction of sp³-hybridized carbons (Fsp3) is 0.385. The van der Waals surface area contributed by atoms with Crippen LogP contribution in [0.3, 0.4) is 0 Å². The number of hydrogen-bond acceptors (Lipinski definition) is 4. The second-order valence-corrected chi connectivity index (χ2v) is 5.47. The first-order valence-electron chi connectivity index (χ1n) is 6.38. The molecule has 1 aliphatic heterocycles. The highest BCUT2D eigenvalue weighted by molar-refractivity contribution is 7.99. The Kier molecular flexibility index (Phi) is 3.42. The van der Waals surface area contributed by atoms with E-state index in [9.17, 15) is 4.39 Å². The molecule has 3 rings (SSSR count). The third-order valence-corrected chi connectivity index (χ3v) is 4.23. The third kappa shape index (κ3) is 2.32. The fourth-order valence-electron chi connectivity index (χ4n) is 2.14. The first-order valence-corrected chi connectivity index (χ1v) is 7.37. The summed E-state index contributed by atoms with van der Waals surface area (Å²) in [4.78, 5) is 2.07. The van der Waals surface area contributed by atoms with Gasteiger partial charge in [0, 0.05) is 24.5 Å². The maximum Gasteiger partial charge on any atom is 0.232 e. The van der Waals surface area contributed by atoms with Crippen LogP contribution in [-0.4, -0.2) is 27.1 Å². The van der Waals surface area contributed by atoms with Crippen molar-refractivity contribution in [2.24, 2.45) is 0 Å². The van der Waals surface area contributed by atoms with E-state index in [1.807, 2.05) is 0 Å². The molecule has 0 unspecified atom stereocenters. The zero-order valence-corrected chi connectivity index (χ0v) is 11.5. The SMILES string of the molecule is CCCSc1nnc2n1CCN2c1ccc(F)cc1. The average Bonchev–Trinajstić information content (AvgIpc) is 2.99. The summed E-state index contributed by atoms with van der Waals surface area (Å²) < 4.78 is 15.1. The minimum atomic E-state index is -0.219. The molecule has 0 radical (unpaired) electrons. The van der Waals surface area contributed by atoms with Gasteiger partial charge in [-0.05, 0) is 30.7 Å². The number of nitrogens with zero attached hydrogens (tertiary/aromatic N) is 4. The van der Waals surface area contributed by atoms with Crippen LogP contribution in [0, 0.1) is 5.82 Å². The Hall–Kier alpha value is -1.56. The predicted octanol–water partition coefficient (Wildman–Crippen LogP) is 3.07. The molecule has 1 aromatic carbocycles. The average molecular weight is 278 g/mol. The molecule has 0 fully saturated rings. The highest BCUT2D eigenvalue weighted by atomic mass is 32.2. The molecule has 6 heteroatoms. The summed E-state index contributed by atoms with van der Waals surface area (Å²) in [7, 11) is 0. The molecule has 2 heterocycles. The van der Waals surface area contributed by atoms with E-state index in [4.69, 9.17) is 0 Å². The van der Waals surface area contributed by atoms with E-state index in [-0.39, 0.29) is 5.82 Å². The Morgan fingerprint density at radius 3 is 2.74 bits per heavy atom. The van der Waals surface area contributed by atoms with E-state index in [0.717, 1.165) is 42.1 Å². The van der Waals surface area contributed by atoms with Gasteiger partial charge in [0.1, 0.15) is 5.82 Å². The maximum atomic E-state index is 13.0. The van der Waals surface area contributed by atoms with Crippen molar-refractivity contribution < 1.29 is 4.39 Å². The lowest BCUT2D eigenvalue weighted by atomic mass is 10.3. The highest BCUT2D eigenvalue weighted by Gasteiger charge is 2.25. The lowest BCUT2D eigenvalue weighted by Gasteiger charge is -2.14. The lowest BCUT2D eigenvalue weighted by Crippen LogP contribution is -2.14. The standard InChI is InChI=1S/C13H15FN4S/c1-2-9-19-13-16-15-12-17(7-8-18(12)13)11-5-3-10(14)4-6-11/h3-6H,2,7-9H2,1H3. The molecule has 1 aliphatic rings. The van der Waals surface area contributed by atoms with Crippen LogP contribution >= 0.6 is 11.8 Å². The van der Waals surface area contributed by atoms with Gasteiger partial charge in [-0.2, -0.15) is 0 Å². The van der Waals surface area contributed by atoms with Crippen molar-refractivity contribution in [3.05, 3.63) is 30.1 Å². The molecule has 1 aromatic heterocycles. The molecule has 0 saturated heterocycles. The van der Waals surface area contributed by atoms with Gasteiger partial charge >= 0.3 is 0 Å². The van der Waals surface area contributed by atoms with E-state index in [0.29, 0.717) is 0 Å². The Labute approximate surface area is 115 Å². The van der Waals surface area contributed by atoms with Crippen LogP contribution in [0.2, 0.25) is 0 Å². The molecule has 4 nitrogen and oxygen atoms in total. The number of halogens is 1. The minimum Gasteiger partial charge on any atom is -0.309 e. The van der Waals surface area contributed by atoms with Gasteiger partial charge in [-0.15, -0.1) is 10.2 Å². The van der Waals surface area contributed by atoms with Crippen LogP contribution < -0.4 is 4.90 Å². The Morgan fingerprint density at radius 1 is 1.21 bits per heavy atom. The minimum absolute atomic E-state index is 0.219. The molecule has 0 N–H and O–H groups in total. The second kappa shape index (κ2) is 5.21. The molecular weight excluding hydrogens is 263 g/mol. The van der Waals surface area contributed by atoms with Crippen molar-refractivity contribution in [2.45, 2.75) is 25.0 Å². The lowest BCUT2D eigenvalue weighted by molar-refractivity contribution is 0.627. The van der Waals surface area contributed by atoms with Crippen molar-refractivity contribution in [3.63, 3.8) is 0 Å². The third-order valence-electron chi connectivity index (χ3n) is 3.06. The molecule has 0 bridgehead atoms. The summed E-state index contributed by atoms with van der Waals surface area (Å²) in [5.74, 6) is 1.68.